The first-order valence-electron chi connectivity index (χ1n) is 6.62. The van der Waals surface area contributed by atoms with Crippen LogP contribution in [0.3, 0.4) is 0 Å². The van der Waals surface area contributed by atoms with Crippen molar-refractivity contribution in [2.24, 2.45) is 11.7 Å². The van der Waals surface area contributed by atoms with Gasteiger partial charge in [0.05, 0.1) is 0 Å². The number of nitrogens with zero attached hydrogens (tertiary/aromatic N) is 1. The Morgan fingerprint density at radius 2 is 1.90 bits per heavy atom. The fourth-order valence-corrected chi connectivity index (χ4v) is 2.26. The number of carbonyl (C=O) groups is 3. The minimum atomic E-state index is -0.821. The third-order valence-electron chi connectivity index (χ3n) is 3.46. The van der Waals surface area contributed by atoms with E-state index in [2.05, 4.69) is 5.32 Å². The number of nitrogens with two attached hydrogens (primary N) is 1. The molecule has 7 heteroatoms. The van der Waals surface area contributed by atoms with Crippen LogP contribution in [0.5, 0.6) is 0 Å². The van der Waals surface area contributed by atoms with Gasteiger partial charge in [-0.05, 0) is 31.0 Å². The van der Waals surface area contributed by atoms with E-state index in [-0.39, 0.29) is 17.5 Å². The molecule has 1 aromatic carbocycles. The minimum Gasteiger partial charge on any atom is -0.369 e. The number of nitrogens with one attached hydrogen (secondary N) is 1. The lowest BCUT2D eigenvalue weighted by Gasteiger charge is -2.29. The first-order valence-corrected chi connectivity index (χ1v) is 6.62. The molecule has 1 saturated heterocycles. The van der Waals surface area contributed by atoms with Crippen LogP contribution in [0.15, 0.2) is 24.3 Å². The van der Waals surface area contributed by atoms with Crippen molar-refractivity contribution in [3.63, 3.8) is 0 Å². The molecule has 1 heterocycles. The summed E-state index contributed by atoms with van der Waals surface area (Å²) < 4.78 is 13.0. The Bertz CT molecular complexity index is 568. The van der Waals surface area contributed by atoms with Crippen molar-refractivity contribution >= 4 is 23.4 Å². The molecule has 0 aliphatic carbocycles. The molecule has 2 rings (SSSR count). The van der Waals surface area contributed by atoms with Crippen LogP contribution in [0.25, 0.3) is 0 Å². The zero-order valence-corrected chi connectivity index (χ0v) is 11.3. The van der Waals surface area contributed by atoms with Gasteiger partial charge in [-0.15, -0.1) is 0 Å². The van der Waals surface area contributed by atoms with Crippen LogP contribution in [0.2, 0.25) is 0 Å². The number of halogens is 1. The highest BCUT2D eigenvalue weighted by atomic mass is 19.1. The molecule has 112 valence electrons. The van der Waals surface area contributed by atoms with E-state index in [9.17, 15) is 18.8 Å². The SMILES string of the molecule is NC(=O)C1CCN(C(=O)C(=O)Nc2cccc(F)c2)CC1. The van der Waals surface area contributed by atoms with Crippen molar-refractivity contribution < 1.29 is 18.8 Å². The molecule has 0 atom stereocenters. The number of piperidine rings is 1. The molecule has 0 saturated carbocycles. The first-order chi connectivity index (χ1) is 9.97. The van der Waals surface area contributed by atoms with E-state index in [0.29, 0.717) is 25.9 Å². The molecule has 0 spiro atoms. The molecule has 0 radical (unpaired) electrons. The van der Waals surface area contributed by atoms with Gasteiger partial charge in [-0.2, -0.15) is 0 Å². The largest absolute Gasteiger partial charge is 0.369 e. The number of likely N-dealkylation sites (tertiary alicyclic amines) is 1. The number of rotatable bonds is 2. The molecular formula is C14H16FN3O3. The summed E-state index contributed by atoms with van der Waals surface area (Å²) in [7, 11) is 0. The van der Waals surface area contributed by atoms with Gasteiger partial charge in [-0.1, -0.05) is 6.07 Å². The van der Waals surface area contributed by atoms with Crippen molar-refractivity contribution in [3.8, 4) is 0 Å². The topological polar surface area (TPSA) is 92.5 Å². The van der Waals surface area contributed by atoms with Gasteiger partial charge in [0.15, 0.2) is 0 Å². The number of benzene rings is 1. The van der Waals surface area contributed by atoms with Gasteiger partial charge in [0.2, 0.25) is 5.91 Å². The maximum absolute atomic E-state index is 13.0. The first kappa shape index (κ1) is 15.0. The summed E-state index contributed by atoms with van der Waals surface area (Å²) in [5.74, 6) is -2.64. The average Bonchev–Trinajstić information content (AvgIpc) is 2.46. The van der Waals surface area contributed by atoms with Gasteiger partial charge in [0, 0.05) is 24.7 Å². The van der Waals surface area contributed by atoms with Gasteiger partial charge in [-0.3, -0.25) is 14.4 Å². The minimum absolute atomic E-state index is 0.223. The van der Waals surface area contributed by atoms with E-state index >= 15 is 0 Å². The standard InChI is InChI=1S/C14H16FN3O3/c15-10-2-1-3-11(8-10)17-13(20)14(21)18-6-4-9(5-7-18)12(16)19/h1-3,8-9H,4-7H2,(H2,16,19)(H,17,20). The van der Waals surface area contributed by atoms with Gasteiger partial charge in [-0.25, -0.2) is 4.39 Å². The van der Waals surface area contributed by atoms with Gasteiger partial charge in [0.25, 0.3) is 0 Å². The number of primary amides is 1. The van der Waals surface area contributed by atoms with Gasteiger partial charge < -0.3 is 16.0 Å². The summed E-state index contributed by atoms with van der Waals surface area (Å²) in [4.78, 5) is 36.2. The quantitative estimate of drug-likeness (QED) is 0.777. The van der Waals surface area contributed by atoms with E-state index in [1.165, 1.54) is 23.1 Å². The fourth-order valence-electron chi connectivity index (χ4n) is 2.26. The van der Waals surface area contributed by atoms with Crippen LogP contribution < -0.4 is 11.1 Å². The van der Waals surface area contributed by atoms with E-state index < -0.39 is 17.6 Å². The molecule has 3 amide bonds. The van der Waals surface area contributed by atoms with Crippen molar-refractivity contribution in [1.82, 2.24) is 4.90 Å². The van der Waals surface area contributed by atoms with E-state index in [4.69, 9.17) is 5.73 Å². The zero-order valence-electron chi connectivity index (χ0n) is 11.3. The van der Waals surface area contributed by atoms with E-state index in [0.717, 1.165) is 6.07 Å². The fraction of sp³-hybridized carbons (Fsp3) is 0.357. The van der Waals surface area contributed by atoms with Crippen LogP contribution >= 0.6 is 0 Å². The van der Waals surface area contributed by atoms with Gasteiger partial charge >= 0.3 is 11.8 Å². The van der Waals surface area contributed by atoms with Crippen molar-refractivity contribution in [2.75, 3.05) is 18.4 Å². The van der Waals surface area contributed by atoms with Gasteiger partial charge in [0.1, 0.15) is 5.82 Å². The molecule has 0 aromatic heterocycles. The van der Waals surface area contributed by atoms with Crippen molar-refractivity contribution in [2.45, 2.75) is 12.8 Å². The average molecular weight is 293 g/mol. The third kappa shape index (κ3) is 3.77. The maximum atomic E-state index is 13.0. The summed E-state index contributed by atoms with van der Waals surface area (Å²) >= 11 is 0. The number of amides is 3. The summed E-state index contributed by atoms with van der Waals surface area (Å²) in [6.45, 7) is 0.617. The number of hydrogen-bond acceptors (Lipinski definition) is 3. The lowest BCUT2D eigenvalue weighted by Crippen LogP contribution is -2.46. The molecule has 6 nitrogen and oxygen atoms in total. The Kier molecular flexibility index (Phi) is 4.52. The number of carbonyl (C=O) groups excluding carboxylic acids is 3. The molecule has 21 heavy (non-hydrogen) atoms. The van der Waals surface area contributed by atoms with E-state index in [1.807, 2.05) is 0 Å². The third-order valence-corrected chi connectivity index (χ3v) is 3.46. The van der Waals surface area contributed by atoms with Crippen LogP contribution in [0.1, 0.15) is 12.8 Å². The summed E-state index contributed by atoms with van der Waals surface area (Å²) in [6, 6.07) is 5.30. The molecule has 1 aromatic rings. The molecule has 1 aliphatic rings. The van der Waals surface area contributed by atoms with Crippen LogP contribution in [-0.2, 0) is 14.4 Å². The monoisotopic (exact) mass is 293 g/mol. The lowest BCUT2D eigenvalue weighted by molar-refractivity contribution is -0.144. The Hall–Kier alpha value is -2.44. The normalized spacial score (nSPS) is 15.6. The van der Waals surface area contributed by atoms with E-state index in [1.54, 1.807) is 0 Å². The predicted octanol–water partition coefficient (Wildman–Crippen LogP) is 0.488. The predicted molar refractivity (Wildman–Crippen MR) is 73.5 cm³/mol. The summed E-state index contributed by atoms with van der Waals surface area (Å²) in [5, 5.41) is 2.35. The molecule has 1 aliphatic heterocycles. The molecule has 3 N–H and O–H groups in total. The van der Waals surface area contributed by atoms with Crippen LogP contribution in [0.4, 0.5) is 10.1 Å². The second-order valence-electron chi connectivity index (χ2n) is 4.93. The molecule has 0 unspecified atom stereocenters. The Balaban J connectivity index is 1.91. The molecular weight excluding hydrogens is 277 g/mol. The second-order valence-corrected chi connectivity index (χ2v) is 4.93. The molecule has 1 fully saturated rings. The van der Waals surface area contributed by atoms with Crippen molar-refractivity contribution in [1.29, 1.82) is 0 Å². The number of anilines is 1. The highest BCUT2D eigenvalue weighted by Gasteiger charge is 2.29. The summed E-state index contributed by atoms with van der Waals surface area (Å²) in [5.41, 5.74) is 5.43. The van der Waals surface area contributed by atoms with Crippen LogP contribution in [0, 0.1) is 11.7 Å². The Morgan fingerprint density at radius 1 is 1.24 bits per heavy atom. The second kappa shape index (κ2) is 6.34. The lowest BCUT2D eigenvalue weighted by atomic mass is 9.96. The summed E-state index contributed by atoms with van der Waals surface area (Å²) in [6.07, 6.45) is 0.905. The highest BCUT2D eigenvalue weighted by Crippen LogP contribution is 2.17. The zero-order chi connectivity index (χ0) is 15.4. The Morgan fingerprint density at radius 3 is 2.48 bits per heavy atom. The van der Waals surface area contributed by atoms with Crippen molar-refractivity contribution in [3.05, 3.63) is 30.1 Å². The highest BCUT2D eigenvalue weighted by molar-refractivity contribution is 6.39. The maximum Gasteiger partial charge on any atom is 0.313 e. The molecule has 0 bridgehead atoms. The Labute approximate surface area is 121 Å². The smallest absolute Gasteiger partial charge is 0.313 e. The van der Waals surface area contributed by atoms with Crippen LogP contribution in [-0.4, -0.2) is 35.7 Å². The number of hydrogen-bond donors (Lipinski definition) is 2.